The number of fused-ring (bicyclic) bond motifs is 1. The number of ketones is 1. The molecule has 0 amide bonds. The fourth-order valence-electron chi connectivity index (χ4n) is 3.06. The number of Topliss-reactive ketones (excluding diaryl/α,β-unsaturated/α-hetero) is 1. The number of rotatable bonds is 5. The Hall–Kier alpha value is -1.21. The molecule has 2 unspecified atom stereocenters. The summed E-state index contributed by atoms with van der Waals surface area (Å²) in [4.78, 5) is 23.7. The molecule has 2 fully saturated rings. The highest BCUT2D eigenvalue weighted by Gasteiger charge is 2.62. The Bertz CT molecular complexity index is 709. The Balaban J connectivity index is 1.47. The second-order valence-corrected chi connectivity index (χ2v) is 8.85. The summed E-state index contributed by atoms with van der Waals surface area (Å²) in [5.74, 6) is -1.01. The molecule has 0 aromatic heterocycles. The van der Waals surface area contributed by atoms with Crippen molar-refractivity contribution >= 4 is 37.5 Å². The zero-order chi connectivity index (χ0) is 15.9. The Labute approximate surface area is 137 Å². The quantitative estimate of drug-likeness (QED) is 0.714. The van der Waals surface area contributed by atoms with Crippen molar-refractivity contribution in [2.75, 3.05) is 18.1 Å². The Morgan fingerprint density at radius 1 is 1.18 bits per heavy atom. The summed E-state index contributed by atoms with van der Waals surface area (Å²) in [5, 5.41) is 0. The average molecular weight is 387 g/mol. The fourth-order valence-corrected chi connectivity index (χ4v) is 5.70. The highest BCUT2D eigenvalue weighted by atomic mass is 79.9. The van der Waals surface area contributed by atoms with Crippen molar-refractivity contribution in [3.8, 4) is 0 Å². The van der Waals surface area contributed by atoms with E-state index in [1.165, 1.54) is 0 Å². The lowest BCUT2D eigenvalue weighted by Gasteiger charge is -2.07. The van der Waals surface area contributed by atoms with Gasteiger partial charge in [-0.1, -0.05) is 34.1 Å². The molecule has 1 aromatic carbocycles. The molecule has 1 saturated heterocycles. The Morgan fingerprint density at radius 3 is 2.45 bits per heavy atom. The molecule has 1 heterocycles. The van der Waals surface area contributed by atoms with Gasteiger partial charge < -0.3 is 4.74 Å². The van der Waals surface area contributed by atoms with Gasteiger partial charge in [0.2, 0.25) is 0 Å². The van der Waals surface area contributed by atoms with Crippen molar-refractivity contribution in [3.63, 3.8) is 0 Å². The Kier molecular flexibility index (Phi) is 4.11. The molecule has 0 bridgehead atoms. The molecule has 0 spiro atoms. The molecule has 3 rings (SSSR count). The van der Waals surface area contributed by atoms with Gasteiger partial charge in [0.1, 0.15) is 6.61 Å². The number of carbonyl (C=O) groups excluding carboxylic acids is 2. The monoisotopic (exact) mass is 386 g/mol. The molecular formula is C15H15BrO5S. The molecule has 7 heteroatoms. The van der Waals surface area contributed by atoms with Crippen LogP contribution in [0.25, 0.3) is 0 Å². The van der Waals surface area contributed by atoms with Crippen LogP contribution in [0.15, 0.2) is 28.7 Å². The third-order valence-corrected chi connectivity index (χ3v) is 6.78. The van der Waals surface area contributed by atoms with Crippen molar-refractivity contribution in [1.29, 1.82) is 0 Å². The minimum absolute atomic E-state index is 0.0718. The van der Waals surface area contributed by atoms with Gasteiger partial charge in [-0.15, -0.1) is 0 Å². The maximum Gasteiger partial charge on any atom is 0.310 e. The zero-order valence-corrected chi connectivity index (χ0v) is 14.1. The van der Waals surface area contributed by atoms with E-state index in [0.29, 0.717) is 0 Å². The number of ether oxygens (including phenoxy) is 1. The van der Waals surface area contributed by atoms with Gasteiger partial charge in [0.05, 0.1) is 17.4 Å². The van der Waals surface area contributed by atoms with Gasteiger partial charge in [-0.05, 0) is 23.5 Å². The first-order chi connectivity index (χ1) is 10.4. The second kappa shape index (κ2) is 5.77. The molecule has 2 aliphatic rings. The van der Waals surface area contributed by atoms with Crippen molar-refractivity contribution < 1.29 is 22.7 Å². The summed E-state index contributed by atoms with van der Waals surface area (Å²) in [7, 11) is -2.97. The summed E-state index contributed by atoms with van der Waals surface area (Å²) in [6, 6.07) is 7.38. The van der Waals surface area contributed by atoms with Crippen LogP contribution >= 0.6 is 15.9 Å². The van der Waals surface area contributed by atoms with Gasteiger partial charge in [-0.25, -0.2) is 8.42 Å². The Morgan fingerprint density at radius 2 is 1.82 bits per heavy atom. The molecule has 2 atom stereocenters. The van der Waals surface area contributed by atoms with Crippen LogP contribution in [-0.4, -0.2) is 38.3 Å². The third-order valence-electron chi connectivity index (χ3n) is 4.22. The molecule has 1 aromatic rings. The second-order valence-electron chi connectivity index (χ2n) is 5.84. The lowest BCUT2D eigenvalue weighted by Crippen LogP contribution is -2.21. The minimum Gasteiger partial charge on any atom is -0.457 e. The van der Waals surface area contributed by atoms with E-state index >= 15 is 0 Å². The molecule has 1 aliphatic heterocycles. The van der Waals surface area contributed by atoms with Gasteiger partial charge in [-0.3, -0.25) is 9.59 Å². The third kappa shape index (κ3) is 3.25. The van der Waals surface area contributed by atoms with Crippen molar-refractivity contribution in [2.45, 2.75) is 6.42 Å². The van der Waals surface area contributed by atoms with Crippen LogP contribution in [0.2, 0.25) is 0 Å². The highest BCUT2D eigenvalue weighted by Crippen LogP contribution is 2.53. The summed E-state index contributed by atoms with van der Waals surface area (Å²) < 4.78 is 28.6. The summed E-state index contributed by atoms with van der Waals surface area (Å²) in [6.07, 6.45) is 0.195. The average Bonchev–Trinajstić information content (AvgIpc) is 2.98. The van der Waals surface area contributed by atoms with Gasteiger partial charge in [0.25, 0.3) is 0 Å². The van der Waals surface area contributed by atoms with E-state index < -0.39 is 15.8 Å². The van der Waals surface area contributed by atoms with Crippen LogP contribution in [0, 0.1) is 17.8 Å². The van der Waals surface area contributed by atoms with Gasteiger partial charge >= 0.3 is 5.97 Å². The lowest BCUT2D eigenvalue weighted by atomic mass is 10.1. The lowest BCUT2D eigenvalue weighted by molar-refractivity contribution is -0.149. The highest BCUT2D eigenvalue weighted by molar-refractivity contribution is 9.10. The van der Waals surface area contributed by atoms with Gasteiger partial charge in [-0.2, -0.15) is 0 Å². The van der Waals surface area contributed by atoms with E-state index in [-0.39, 0.29) is 48.1 Å². The predicted molar refractivity (Wildman–Crippen MR) is 82.9 cm³/mol. The number of sulfone groups is 1. The van der Waals surface area contributed by atoms with Crippen LogP contribution in [0.3, 0.4) is 0 Å². The van der Waals surface area contributed by atoms with Crippen molar-refractivity contribution in [3.05, 3.63) is 34.3 Å². The summed E-state index contributed by atoms with van der Waals surface area (Å²) >= 11 is 3.36. The number of benzene rings is 1. The molecule has 1 aliphatic carbocycles. The van der Waals surface area contributed by atoms with Crippen LogP contribution in [0.5, 0.6) is 0 Å². The van der Waals surface area contributed by atoms with Crippen LogP contribution in [-0.2, 0) is 30.6 Å². The van der Waals surface area contributed by atoms with Gasteiger partial charge in [0, 0.05) is 10.9 Å². The topological polar surface area (TPSA) is 77.5 Å². The predicted octanol–water partition coefficient (Wildman–Crippen LogP) is 1.39. The number of carbonyl (C=O) groups is 2. The number of esters is 1. The summed E-state index contributed by atoms with van der Waals surface area (Å²) in [5.41, 5.74) is 0.845. The maximum absolute atomic E-state index is 11.9. The first kappa shape index (κ1) is 15.7. The standard InChI is InChI=1S/C15H15BrO5S/c16-13-4-2-1-3-9(13)5-10(17)6-21-15(18)14-11-7-22(19,20)8-12(11)14/h1-4,11-12,14H,5-8H2. The number of halogens is 1. The normalized spacial score (nSPS) is 28.0. The van der Waals surface area contributed by atoms with Crippen molar-refractivity contribution in [1.82, 2.24) is 0 Å². The minimum atomic E-state index is -2.97. The first-order valence-corrected chi connectivity index (χ1v) is 9.61. The largest absolute Gasteiger partial charge is 0.457 e. The molecule has 0 radical (unpaired) electrons. The first-order valence-electron chi connectivity index (χ1n) is 6.99. The van der Waals surface area contributed by atoms with Crippen molar-refractivity contribution in [2.24, 2.45) is 17.8 Å². The molecular weight excluding hydrogens is 372 g/mol. The summed E-state index contributed by atoms with van der Waals surface area (Å²) in [6.45, 7) is -0.261. The van der Waals surface area contributed by atoms with E-state index in [9.17, 15) is 18.0 Å². The number of hydrogen-bond acceptors (Lipinski definition) is 5. The van der Waals surface area contributed by atoms with Crippen LogP contribution in [0.1, 0.15) is 5.56 Å². The van der Waals surface area contributed by atoms with E-state index in [2.05, 4.69) is 15.9 Å². The fraction of sp³-hybridized carbons (Fsp3) is 0.467. The molecule has 5 nitrogen and oxygen atoms in total. The SMILES string of the molecule is O=C(COC(=O)C1C2CS(=O)(=O)CC21)Cc1ccccc1Br. The molecule has 118 valence electrons. The smallest absolute Gasteiger partial charge is 0.310 e. The zero-order valence-electron chi connectivity index (χ0n) is 11.7. The van der Waals surface area contributed by atoms with E-state index in [4.69, 9.17) is 4.74 Å². The van der Waals surface area contributed by atoms with Gasteiger partial charge in [0.15, 0.2) is 15.6 Å². The van der Waals surface area contributed by atoms with Crippen LogP contribution in [0.4, 0.5) is 0 Å². The van der Waals surface area contributed by atoms with E-state index in [1.807, 2.05) is 24.3 Å². The molecule has 0 N–H and O–H groups in total. The van der Waals surface area contributed by atoms with E-state index in [1.54, 1.807) is 0 Å². The number of hydrogen-bond donors (Lipinski definition) is 0. The van der Waals surface area contributed by atoms with Crippen LogP contribution < -0.4 is 0 Å². The molecule has 22 heavy (non-hydrogen) atoms. The van der Waals surface area contributed by atoms with E-state index in [0.717, 1.165) is 10.0 Å². The maximum atomic E-state index is 11.9. The molecule has 1 saturated carbocycles.